The zero-order valence-electron chi connectivity index (χ0n) is 11.2. The fourth-order valence-electron chi connectivity index (χ4n) is 1.86. The molecule has 0 aliphatic heterocycles. The molecule has 0 amide bonds. The van der Waals surface area contributed by atoms with E-state index < -0.39 is 0 Å². The van der Waals surface area contributed by atoms with Crippen LogP contribution in [-0.4, -0.2) is 20.2 Å². The molecule has 0 saturated carbocycles. The molecule has 1 aromatic carbocycles. The fraction of sp³-hybridized carbons (Fsp3) is 0.400. The number of hydrogen-bond donors (Lipinski definition) is 0. The molecule has 0 fully saturated rings. The van der Waals surface area contributed by atoms with Gasteiger partial charge in [-0.25, -0.2) is 4.79 Å². The molecule has 0 aliphatic rings. The van der Waals surface area contributed by atoms with Crippen molar-refractivity contribution >= 4 is 5.97 Å². The molecule has 0 aliphatic carbocycles. The normalized spacial score (nSPS) is 12.4. The molecule has 0 unspecified atom stereocenters. The molecule has 0 heterocycles. The molecule has 0 bridgehead atoms. The minimum Gasteiger partial charge on any atom is -0.505 e. The fourth-order valence-corrected chi connectivity index (χ4v) is 1.86. The first-order valence-corrected chi connectivity index (χ1v) is 6.09. The molecule has 3 heteroatoms. The molecular weight excluding hydrogens is 228 g/mol. The Morgan fingerprint density at radius 3 is 2.44 bits per heavy atom. The molecule has 3 nitrogen and oxygen atoms in total. The van der Waals surface area contributed by atoms with Gasteiger partial charge in [-0.2, -0.15) is 0 Å². The number of ether oxygens (including phenoxy) is 2. The van der Waals surface area contributed by atoms with E-state index in [0.717, 1.165) is 12.8 Å². The Kier molecular flexibility index (Phi) is 5.98. The summed E-state index contributed by atoms with van der Waals surface area (Å²) in [5.74, 6) is 0.150. The lowest BCUT2D eigenvalue weighted by Crippen LogP contribution is -2.02. The van der Waals surface area contributed by atoms with E-state index in [9.17, 15) is 4.79 Å². The Bertz CT molecular complexity index is 393. The smallest absolute Gasteiger partial charge is 0.337 e. The number of benzene rings is 1. The van der Waals surface area contributed by atoms with Gasteiger partial charge in [0, 0.05) is 0 Å². The van der Waals surface area contributed by atoms with Crippen LogP contribution in [0.4, 0.5) is 0 Å². The van der Waals surface area contributed by atoms with Gasteiger partial charge in [0.25, 0.3) is 0 Å². The van der Waals surface area contributed by atoms with Crippen molar-refractivity contribution in [2.24, 2.45) is 0 Å². The number of carbonyl (C=O) groups excluding carboxylic acids is 1. The van der Waals surface area contributed by atoms with E-state index in [1.165, 1.54) is 12.7 Å². The molecule has 98 valence electrons. The van der Waals surface area contributed by atoms with Gasteiger partial charge in [-0.05, 0) is 42.5 Å². The monoisotopic (exact) mass is 248 g/mol. The number of esters is 1. The van der Waals surface area contributed by atoms with Crippen molar-refractivity contribution in [3.05, 3.63) is 47.7 Å². The first-order valence-electron chi connectivity index (χ1n) is 6.09. The third kappa shape index (κ3) is 3.91. The van der Waals surface area contributed by atoms with E-state index >= 15 is 0 Å². The average molecular weight is 248 g/mol. The van der Waals surface area contributed by atoms with E-state index in [2.05, 4.69) is 11.7 Å². The van der Waals surface area contributed by atoms with Crippen LogP contribution < -0.4 is 0 Å². The van der Waals surface area contributed by atoms with Crippen molar-refractivity contribution in [1.29, 1.82) is 0 Å². The van der Waals surface area contributed by atoms with Crippen LogP contribution >= 0.6 is 0 Å². The van der Waals surface area contributed by atoms with E-state index in [1.807, 2.05) is 30.3 Å². The molecule has 0 saturated heterocycles. The van der Waals surface area contributed by atoms with Crippen molar-refractivity contribution in [3.8, 4) is 0 Å². The lowest BCUT2D eigenvalue weighted by Gasteiger charge is -2.13. The Balaban J connectivity index is 2.75. The van der Waals surface area contributed by atoms with Crippen LogP contribution in [0.1, 0.15) is 41.6 Å². The van der Waals surface area contributed by atoms with Gasteiger partial charge in [-0.15, -0.1) is 0 Å². The largest absolute Gasteiger partial charge is 0.505 e. The van der Waals surface area contributed by atoms with Crippen LogP contribution in [-0.2, 0) is 9.47 Å². The Morgan fingerprint density at radius 1 is 1.28 bits per heavy atom. The summed E-state index contributed by atoms with van der Waals surface area (Å²) in [7, 11) is 3.03. The van der Waals surface area contributed by atoms with Gasteiger partial charge in [0.1, 0.15) is 0 Å². The Labute approximate surface area is 108 Å². The van der Waals surface area contributed by atoms with E-state index in [-0.39, 0.29) is 5.97 Å². The van der Waals surface area contributed by atoms with Crippen molar-refractivity contribution in [1.82, 2.24) is 0 Å². The van der Waals surface area contributed by atoms with Crippen LogP contribution in [0.5, 0.6) is 0 Å². The van der Waals surface area contributed by atoms with E-state index in [1.54, 1.807) is 13.4 Å². The van der Waals surface area contributed by atoms with Crippen LogP contribution in [0.3, 0.4) is 0 Å². The summed E-state index contributed by atoms with van der Waals surface area (Å²) in [4.78, 5) is 11.3. The lowest BCUT2D eigenvalue weighted by molar-refractivity contribution is 0.0600. The van der Waals surface area contributed by atoms with E-state index in [0.29, 0.717) is 11.5 Å². The maximum absolute atomic E-state index is 11.3. The van der Waals surface area contributed by atoms with Crippen molar-refractivity contribution in [3.63, 3.8) is 0 Å². The van der Waals surface area contributed by atoms with Gasteiger partial charge >= 0.3 is 5.97 Å². The second-order valence-electron chi connectivity index (χ2n) is 4.06. The number of hydrogen-bond acceptors (Lipinski definition) is 3. The summed E-state index contributed by atoms with van der Waals surface area (Å²) in [5.41, 5.74) is 1.81. The maximum atomic E-state index is 11.3. The lowest BCUT2D eigenvalue weighted by atomic mass is 9.92. The number of rotatable bonds is 6. The topological polar surface area (TPSA) is 35.5 Å². The summed E-state index contributed by atoms with van der Waals surface area (Å²) in [6.07, 6.45) is 5.70. The second kappa shape index (κ2) is 7.54. The minimum atomic E-state index is -0.297. The molecule has 0 radical (unpaired) electrons. The standard InChI is InChI=1S/C15H20O3/c1-4-12(6-5-11-17-2)13-7-9-14(10-8-13)15(16)18-3/h5,7-12H,4,6H2,1-3H3/b11-5+/t12-/m0/s1. The summed E-state index contributed by atoms with van der Waals surface area (Å²) < 4.78 is 9.57. The first-order chi connectivity index (χ1) is 8.72. The minimum absolute atomic E-state index is 0.297. The predicted octanol–water partition coefficient (Wildman–Crippen LogP) is 3.52. The van der Waals surface area contributed by atoms with Gasteiger partial charge in [0.15, 0.2) is 0 Å². The zero-order valence-corrected chi connectivity index (χ0v) is 11.2. The first kappa shape index (κ1) is 14.3. The molecule has 1 rings (SSSR count). The zero-order chi connectivity index (χ0) is 13.4. The highest BCUT2D eigenvalue weighted by molar-refractivity contribution is 5.89. The Hall–Kier alpha value is -1.77. The van der Waals surface area contributed by atoms with Crippen LogP contribution in [0, 0.1) is 0 Å². The second-order valence-corrected chi connectivity index (χ2v) is 4.06. The molecule has 0 N–H and O–H groups in total. The van der Waals surface area contributed by atoms with Crippen molar-refractivity contribution < 1.29 is 14.3 Å². The highest BCUT2D eigenvalue weighted by Gasteiger charge is 2.09. The molecule has 0 aromatic heterocycles. The molecular formula is C15H20O3. The van der Waals surface area contributed by atoms with Crippen LogP contribution in [0.15, 0.2) is 36.6 Å². The Morgan fingerprint density at radius 2 is 1.94 bits per heavy atom. The van der Waals surface area contributed by atoms with Gasteiger partial charge in [-0.1, -0.05) is 19.1 Å². The van der Waals surface area contributed by atoms with Crippen molar-refractivity contribution in [2.45, 2.75) is 25.7 Å². The summed E-state index contributed by atoms with van der Waals surface area (Å²) in [5, 5.41) is 0. The third-order valence-corrected chi connectivity index (χ3v) is 2.95. The summed E-state index contributed by atoms with van der Waals surface area (Å²) >= 11 is 0. The summed E-state index contributed by atoms with van der Waals surface area (Å²) in [6, 6.07) is 7.59. The average Bonchev–Trinajstić information content (AvgIpc) is 2.43. The van der Waals surface area contributed by atoms with Crippen molar-refractivity contribution in [2.75, 3.05) is 14.2 Å². The predicted molar refractivity (Wildman–Crippen MR) is 71.6 cm³/mol. The van der Waals surface area contributed by atoms with Gasteiger partial charge < -0.3 is 9.47 Å². The number of allylic oxidation sites excluding steroid dienone is 1. The quantitative estimate of drug-likeness (QED) is 0.571. The van der Waals surface area contributed by atoms with Crippen LogP contribution in [0.25, 0.3) is 0 Å². The van der Waals surface area contributed by atoms with Crippen LogP contribution in [0.2, 0.25) is 0 Å². The highest BCUT2D eigenvalue weighted by Crippen LogP contribution is 2.24. The summed E-state index contributed by atoms with van der Waals surface area (Å²) in [6.45, 7) is 2.15. The number of methoxy groups -OCH3 is 2. The highest BCUT2D eigenvalue weighted by atomic mass is 16.5. The third-order valence-electron chi connectivity index (χ3n) is 2.95. The van der Waals surface area contributed by atoms with E-state index in [4.69, 9.17) is 4.74 Å². The molecule has 1 aromatic rings. The maximum Gasteiger partial charge on any atom is 0.337 e. The van der Waals surface area contributed by atoms with Gasteiger partial charge in [0.05, 0.1) is 26.0 Å². The van der Waals surface area contributed by atoms with Gasteiger partial charge in [0.2, 0.25) is 0 Å². The molecule has 1 atom stereocenters. The molecule has 18 heavy (non-hydrogen) atoms. The SMILES string of the molecule is CC[C@@H](C/C=C/OC)c1ccc(C(=O)OC)cc1. The molecule has 0 spiro atoms. The number of carbonyl (C=O) groups is 1. The van der Waals surface area contributed by atoms with Gasteiger partial charge in [-0.3, -0.25) is 0 Å².